The number of nitrogens with one attached hydrogen (secondary N) is 1. The summed E-state index contributed by atoms with van der Waals surface area (Å²) < 4.78 is 0. The van der Waals surface area contributed by atoms with Gasteiger partial charge in [0.05, 0.1) is 6.07 Å². The Kier molecular flexibility index (Phi) is 2.29. The number of hydrogen-bond donors (Lipinski definition) is 1. The second-order valence-electron chi connectivity index (χ2n) is 2.97. The van der Waals surface area contributed by atoms with E-state index in [1.165, 1.54) is 19.3 Å². The molecule has 0 unspecified atom stereocenters. The zero-order valence-electron chi connectivity index (χ0n) is 6.48. The Hall–Kier alpha value is -0.550. The quantitative estimate of drug-likeness (QED) is 0.596. The Morgan fingerprint density at radius 3 is 2.70 bits per heavy atom. The lowest BCUT2D eigenvalue weighted by Crippen LogP contribution is -2.30. The highest BCUT2D eigenvalue weighted by Gasteiger charge is 2.39. The Bertz CT molecular complexity index is 142. The first-order chi connectivity index (χ1) is 4.83. The normalized spacial score (nSPS) is 20.0. The molecule has 0 aromatic carbocycles. The minimum Gasteiger partial charge on any atom is -0.310 e. The highest BCUT2D eigenvalue weighted by Crippen LogP contribution is 2.37. The van der Waals surface area contributed by atoms with Crippen LogP contribution in [0.15, 0.2) is 0 Å². The van der Waals surface area contributed by atoms with E-state index in [0.29, 0.717) is 12.0 Å². The monoisotopic (exact) mass is 138 g/mol. The maximum atomic E-state index is 8.27. The lowest BCUT2D eigenvalue weighted by molar-refractivity contribution is 0.490. The van der Waals surface area contributed by atoms with Crippen molar-refractivity contribution in [3.63, 3.8) is 0 Å². The van der Waals surface area contributed by atoms with Gasteiger partial charge >= 0.3 is 0 Å². The molecule has 2 nitrogen and oxygen atoms in total. The molecule has 0 radical (unpaired) electrons. The zero-order valence-corrected chi connectivity index (χ0v) is 6.48. The van der Waals surface area contributed by atoms with Crippen LogP contribution in [0.1, 0.15) is 32.6 Å². The van der Waals surface area contributed by atoms with Crippen LogP contribution in [0.4, 0.5) is 0 Å². The van der Waals surface area contributed by atoms with E-state index in [-0.39, 0.29) is 0 Å². The van der Waals surface area contributed by atoms with E-state index in [2.05, 4.69) is 18.3 Å². The van der Waals surface area contributed by atoms with E-state index in [1.54, 1.807) is 0 Å². The molecule has 0 amide bonds. The molecule has 1 N–H and O–H groups in total. The van der Waals surface area contributed by atoms with Gasteiger partial charge in [-0.3, -0.25) is 0 Å². The van der Waals surface area contributed by atoms with Crippen molar-refractivity contribution in [3.05, 3.63) is 0 Å². The van der Waals surface area contributed by atoms with Crippen LogP contribution in [0.3, 0.4) is 0 Å². The first kappa shape index (κ1) is 7.56. The largest absolute Gasteiger partial charge is 0.310 e. The summed E-state index contributed by atoms with van der Waals surface area (Å²) in [5, 5.41) is 11.7. The first-order valence-electron chi connectivity index (χ1n) is 3.95. The van der Waals surface area contributed by atoms with Crippen molar-refractivity contribution in [2.24, 2.45) is 0 Å². The molecule has 10 heavy (non-hydrogen) atoms. The maximum absolute atomic E-state index is 8.27. The molecule has 1 aliphatic carbocycles. The third kappa shape index (κ3) is 1.71. The van der Waals surface area contributed by atoms with E-state index in [9.17, 15) is 0 Å². The third-order valence-corrected chi connectivity index (χ3v) is 2.27. The van der Waals surface area contributed by atoms with Gasteiger partial charge in [0.25, 0.3) is 0 Å². The average Bonchev–Trinajstić information content (AvgIpc) is 2.70. The molecule has 0 atom stereocenters. The van der Waals surface area contributed by atoms with Crippen LogP contribution in [0.2, 0.25) is 0 Å². The highest BCUT2D eigenvalue weighted by molar-refractivity contribution is 5.00. The Morgan fingerprint density at radius 1 is 1.60 bits per heavy atom. The summed E-state index contributed by atoms with van der Waals surface area (Å²) in [4.78, 5) is 0. The van der Waals surface area contributed by atoms with Crippen molar-refractivity contribution in [2.45, 2.75) is 38.1 Å². The zero-order chi connectivity index (χ0) is 7.45. The minimum atomic E-state index is 0.441. The molecule has 56 valence electrons. The van der Waals surface area contributed by atoms with Gasteiger partial charge in [-0.1, -0.05) is 6.92 Å². The summed E-state index contributed by atoms with van der Waals surface area (Å²) in [6.45, 7) is 3.07. The van der Waals surface area contributed by atoms with E-state index in [0.717, 1.165) is 6.54 Å². The van der Waals surface area contributed by atoms with Crippen LogP contribution in [0.25, 0.3) is 0 Å². The molecule has 0 bridgehead atoms. The topological polar surface area (TPSA) is 35.8 Å². The third-order valence-electron chi connectivity index (χ3n) is 2.27. The molecule has 0 heterocycles. The number of nitriles is 1. The summed E-state index contributed by atoms with van der Waals surface area (Å²) in [6, 6.07) is 2.13. The fraction of sp³-hybridized carbons (Fsp3) is 0.875. The Labute approximate surface area is 62.2 Å². The molecule has 1 aliphatic rings. The molecule has 1 fully saturated rings. The van der Waals surface area contributed by atoms with Gasteiger partial charge < -0.3 is 5.32 Å². The number of rotatable bonds is 4. The summed E-state index contributed by atoms with van der Waals surface area (Å²) in [5.74, 6) is 0. The van der Waals surface area contributed by atoms with Crippen molar-refractivity contribution in [1.29, 1.82) is 5.26 Å². The van der Waals surface area contributed by atoms with Gasteiger partial charge in [-0.15, -0.1) is 0 Å². The van der Waals surface area contributed by atoms with Crippen LogP contribution in [-0.4, -0.2) is 12.1 Å². The first-order valence-corrected chi connectivity index (χ1v) is 3.95. The van der Waals surface area contributed by atoms with Crippen molar-refractivity contribution in [1.82, 2.24) is 5.32 Å². The molecule has 0 spiro atoms. The number of nitrogens with zero attached hydrogens (tertiary/aromatic N) is 1. The lowest BCUT2D eigenvalue weighted by Gasteiger charge is -2.12. The van der Waals surface area contributed by atoms with Gasteiger partial charge in [0, 0.05) is 18.5 Å². The fourth-order valence-corrected chi connectivity index (χ4v) is 1.19. The van der Waals surface area contributed by atoms with Crippen LogP contribution in [0, 0.1) is 11.3 Å². The standard InChI is InChI=1S/C8H14N2/c1-2-8(4-5-8)10-7-3-6-9/h10H,2-5,7H2,1H3. The molecule has 0 aromatic heterocycles. The van der Waals surface area contributed by atoms with E-state index in [1.807, 2.05) is 0 Å². The van der Waals surface area contributed by atoms with Gasteiger partial charge in [0.15, 0.2) is 0 Å². The van der Waals surface area contributed by atoms with E-state index in [4.69, 9.17) is 5.26 Å². The number of hydrogen-bond acceptors (Lipinski definition) is 2. The van der Waals surface area contributed by atoms with Crippen LogP contribution in [-0.2, 0) is 0 Å². The van der Waals surface area contributed by atoms with Crippen molar-refractivity contribution in [3.8, 4) is 6.07 Å². The fourth-order valence-electron chi connectivity index (χ4n) is 1.19. The lowest BCUT2D eigenvalue weighted by atomic mass is 10.2. The predicted molar refractivity (Wildman–Crippen MR) is 40.5 cm³/mol. The summed E-state index contributed by atoms with van der Waals surface area (Å²) in [5.41, 5.74) is 0.441. The molecule has 0 aliphatic heterocycles. The second kappa shape index (κ2) is 3.03. The van der Waals surface area contributed by atoms with Crippen molar-refractivity contribution >= 4 is 0 Å². The summed E-state index contributed by atoms with van der Waals surface area (Å²) >= 11 is 0. The van der Waals surface area contributed by atoms with Gasteiger partial charge in [-0.25, -0.2) is 0 Å². The van der Waals surface area contributed by atoms with Crippen LogP contribution in [0.5, 0.6) is 0 Å². The van der Waals surface area contributed by atoms with Crippen LogP contribution >= 0.6 is 0 Å². The van der Waals surface area contributed by atoms with Crippen molar-refractivity contribution < 1.29 is 0 Å². The predicted octanol–water partition coefficient (Wildman–Crippen LogP) is 1.43. The molecular formula is C8H14N2. The Morgan fingerprint density at radius 2 is 2.30 bits per heavy atom. The second-order valence-corrected chi connectivity index (χ2v) is 2.97. The smallest absolute Gasteiger partial charge is 0.0635 e. The van der Waals surface area contributed by atoms with Gasteiger partial charge in [-0.2, -0.15) is 5.26 Å². The highest BCUT2D eigenvalue weighted by atomic mass is 15.0. The molecule has 0 aromatic rings. The molecular weight excluding hydrogens is 124 g/mol. The Balaban J connectivity index is 2.08. The summed E-state index contributed by atoms with van der Waals surface area (Å²) in [6.07, 6.45) is 4.45. The van der Waals surface area contributed by atoms with E-state index < -0.39 is 0 Å². The van der Waals surface area contributed by atoms with Crippen LogP contribution < -0.4 is 5.32 Å². The van der Waals surface area contributed by atoms with Gasteiger partial charge in [0.1, 0.15) is 0 Å². The van der Waals surface area contributed by atoms with Gasteiger partial charge in [0.2, 0.25) is 0 Å². The average molecular weight is 138 g/mol. The molecule has 1 saturated carbocycles. The summed E-state index contributed by atoms with van der Waals surface area (Å²) in [7, 11) is 0. The maximum Gasteiger partial charge on any atom is 0.0635 e. The van der Waals surface area contributed by atoms with Crippen molar-refractivity contribution in [2.75, 3.05) is 6.54 Å². The minimum absolute atomic E-state index is 0.441. The molecule has 0 saturated heterocycles. The molecule has 2 heteroatoms. The molecule has 1 rings (SSSR count). The SMILES string of the molecule is CCC1(NCCC#N)CC1. The van der Waals surface area contributed by atoms with Gasteiger partial charge in [-0.05, 0) is 19.3 Å². The van der Waals surface area contributed by atoms with E-state index >= 15 is 0 Å².